The van der Waals surface area contributed by atoms with E-state index < -0.39 is 6.10 Å². The zero-order valence-corrected chi connectivity index (χ0v) is 11.3. The van der Waals surface area contributed by atoms with Crippen molar-refractivity contribution in [3.63, 3.8) is 0 Å². The number of ether oxygens (including phenoxy) is 2. The second kappa shape index (κ2) is 5.46. The van der Waals surface area contributed by atoms with Crippen LogP contribution in [0.25, 0.3) is 10.8 Å². The molecule has 20 heavy (non-hydrogen) atoms. The van der Waals surface area contributed by atoms with Gasteiger partial charge in [0.05, 0.1) is 20.3 Å². The van der Waals surface area contributed by atoms with Gasteiger partial charge in [-0.05, 0) is 11.5 Å². The minimum Gasteiger partial charge on any atom is -0.467 e. The zero-order chi connectivity index (χ0) is 13.9. The Hall–Kier alpha value is -2.14. The first-order valence-corrected chi connectivity index (χ1v) is 6.58. The van der Waals surface area contributed by atoms with Gasteiger partial charge in [-0.3, -0.25) is 0 Å². The highest BCUT2D eigenvalue weighted by Crippen LogP contribution is 2.25. The highest BCUT2D eigenvalue weighted by molar-refractivity contribution is 5.92. The summed E-state index contributed by atoms with van der Waals surface area (Å²) < 4.78 is 10.2. The van der Waals surface area contributed by atoms with Gasteiger partial charge in [-0.2, -0.15) is 0 Å². The Bertz CT molecular complexity index is 624. The summed E-state index contributed by atoms with van der Waals surface area (Å²) >= 11 is 0. The van der Waals surface area contributed by atoms with Crippen LogP contribution in [0.15, 0.2) is 36.5 Å². The first-order valence-electron chi connectivity index (χ1n) is 6.58. The number of carbonyl (C=O) groups excluding carboxylic acids is 1. The summed E-state index contributed by atoms with van der Waals surface area (Å²) in [6.07, 6.45) is 1.25. The molecule has 1 atom stereocenters. The third kappa shape index (κ3) is 2.32. The first-order chi connectivity index (χ1) is 9.79. The number of anilines is 1. The molecule has 3 rings (SSSR count). The number of nitrogens with zero attached hydrogens (tertiary/aromatic N) is 2. The molecule has 0 aliphatic carbocycles. The minimum absolute atomic E-state index is 0.338. The number of pyridine rings is 1. The van der Waals surface area contributed by atoms with Gasteiger partial charge in [0.25, 0.3) is 0 Å². The van der Waals surface area contributed by atoms with Gasteiger partial charge in [0.2, 0.25) is 0 Å². The standard InChI is InChI=1S/C15H16N2O3/c1-19-15(18)13-10-17(8-9-20-13)14-12-5-3-2-4-11(12)6-7-16-14/h2-7,13H,8-10H2,1H3. The van der Waals surface area contributed by atoms with Gasteiger partial charge >= 0.3 is 5.97 Å². The van der Waals surface area contributed by atoms with E-state index in [2.05, 4.69) is 16.0 Å². The van der Waals surface area contributed by atoms with Crippen LogP contribution >= 0.6 is 0 Å². The second-order valence-electron chi connectivity index (χ2n) is 4.68. The molecule has 0 bridgehead atoms. The molecular weight excluding hydrogens is 256 g/mol. The maximum absolute atomic E-state index is 11.6. The van der Waals surface area contributed by atoms with Crippen LogP contribution in [0.4, 0.5) is 5.82 Å². The van der Waals surface area contributed by atoms with Gasteiger partial charge < -0.3 is 14.4 Å². The third-order valence-corrected chi connectivity index (χ3v) is 3.48. The highest BCUT2D eigenvalue weighted by Gasteiger charge is 2.28. The molecular formula is C15H16N2O3. The van der Waals surface area contributed by atoms with Crippen molar-refractivity contribution in [2.75, 3.05) is 31.7 Å². The van der Waals surface area contributed by atoms with Crippen molar-refractivity contribution in [3.05, 3.63) is 36.5 Å². The van der Waals surface area contributed by atoms with Crippen LogP contribution in [-0.2, 0) is 14.3 Å². The summed E-state index contributed by atoms with van der Waals surface area (Å²) in [6, 6.07) is 10.1. The van der Waals surface area contributed by atoms with Gasteiger partial charge in [0.1, 0.15) is 5.82 Å². The van der Waals surface area contributed by atoms with Crippen LogP contribution in [0, 0.1) is 0 Å². The molecule has 2 heterocycles. The van der Waals surface area contributed by atoms with Crippen molar-refractivity contribution in [2.24, 2.45) is 0 Å². The predicted octanol–water partition coefficient (Wildman–Crippen LogP) is 1.61. The van der Waals surface area contributed by atoms with Crippen LogP contribution in [-0.4, -0.2) is 43.9 Å². The highest BCUT2D eigenvalue weighted by atomic mass is 16.6. The number of esters is 1. The van der Waals surface area contributed by atoms with Crippen LogP contribution in [0.1, 0.15) is 0 Å². The maximum atomic E-state index is 11.6. The van der Waals surface area contributed by atoms with Crippen molar-refractivity contribution in [1.29, 1.82) is 0 Å². The van der Waals surface area contributed by atoms with E-state index in [4.69, 9.17) is 9.47 Å². The monoisotopic (exact) mass is 272 g/mol. The fourth-order valence-corrected chi connectivity index (χ4v) is 2.47. The summed E-state index contributed by atoms with van der Waals surface area (Å²) in [5.41, 5.74) is 0. The number of morpholine rings is 1. The Morgan fingerprint density at radius 3 is 3.10 bits per heavy atom. The number of hydrogen-bond acceptors (Lipinski definition) is 5. The molecule has 0 N–H and O–H groups in total. The van der Waals surface area contributed by atoms with E-state index in [0.29, 0.717) is 19.7 Å². The molecule has 1 aromatic carbocycles. The van der Waals surface area contributed by atoms with Gasteiger partial charge in [0, 0.05) is 18.1 Å². The number of aromatic nitrogens is 1. The normalized spacial score (nSPS) is 19.1. The van der Waals surface area contributed by atoms with Crippen LogP contribution in [0.3, 0.4) is 0 Å². The van der Waals surface area contributed by atoms with Crippen LogP contribution < -0.4 is 4.90 Å². The molecule has 1 fully saturated rings. The smallest absolute Gasteiger partial charge is 0.336 e. The Morgan fingerprint density at radius 1 is 1.40 bits per heavy atom. The van der Waals surface area contributed by atoms with E-state index in [0.717, 1.165) is 16.6 Å². The molecule has 0 radical (unpaired) electrons. The molecule has 1 saturated heterocycles. The molecule has 0 saturated carbocycles. The zero-order valence-electron chi connectivity index (χ0n) is 11.3. The summed E-state index contributed by atoms with van der Waals surface area (Å²) in [4.78, 5) is 18.2. The summed E-state index contributed by atoms with van der Waals surface area (Å²) in [7, 11) is 1.38. The summed E-state index contributed by atoms with van der Waals surface area (Å²) in [6.45, 7) is 1.67. The Kier molecular flexibility index (Phi) is 3.52. The molecule has 1 aliphatic heterocycles. The van der Waals surface area contributed by atoms with E-state index in [-0.39, 0.29) is 5.97 Å². The summed E-state index contributed by atoms with van der Waals surface area (Å²) in [5.74, 6) is 0.551. The number of methoxy groups -OCH3 is 1. The largest absolute Gasteiger partial charge is 0.467 e. The fourth-order valence-electron chi connectivity index (χ4n) is 2.47. The number of benzene rings is 1. The van der Waals surface area contributed by atoms with Crippen LogP contribution in [0.2, 0.25) is 0 Å². The Labute approximate surface area is 117 Å². The first kappa shape index (κ1) is 12.9. The molecule has 0 spiro atoms. The molecule has 104 valence electrons. The summed E-state index contributed by atoms with van der Waals surface area (Å²) in [5, 5.41) is 2.22. The number of hydrogen-bond donors (Lipinski definition) is 0. The van der Waals surface area contributed by atoms with E-state index in [1.54, 1.807) is 6.20 Å². The SMILES string of the molecule is COC(=O)C1CN(c2nccc3ccccc23)CCO1. The number of carbonyl (C=O) groups is 1. The Balaban J connectivity index is 1.92. The van der Waals surface area contributed by atoms with Gasteiger partial charge in [-0.15, -0.1) is 0 Å². The minimum atomic E-state index is -0.547. The molecule has 2 aromatic rings. The lowest BCUT2D eigenvalue weighted by atomic mass is 10.1. The quantitative estimate of drug-likeness (QED) is 0.777. The molecule has 1 aliphatic rings. The topological polar surface area (TPSA) is 51.7 Å². The Morgan fingerprint density at radius 2 is 2.25 bits per heavy atom. The van der Waals surface area contributed by atoms with Crippen LogP contribution in [0.5, 0.6) is 0 Å². The lowest BCUT2D eigenvalue weighted by Gasteiger charge is -2.32. The average Bonchev–Trinajstić information content (AvgIpc) is 2.53. The van der Waals surface area contributed by atoms with Crippen molar-refractivity contribution in [1.82, 2.24) is 4.98 Å². The van der Waals surface area contributed by atoms with E-state index in [1.807, 2.05) is 24.3 Å². The predicted molar refractivity (Wildman–Crippen MR) is 75.7 cm³/mol. The van der Waals surface area contributed by atoms with Gasteiger partial charge in [-0.1, -0.05) is 24.3 Å². The second-order valence-corrected chi connectivity index (χ2v) is 4.68. The van der Waals surface area contributed by atoms with E-state index in [1.165, 1.54) is 7.11 Å². The molecule has 5 heteroatoms. The van der Waals surface area contributed by atoms with Gasteiger partial charge in [0.15, 0.2) is 6.10 Å². The average molecular weight is 272 g/mol. The number of rotatable bonds is 2. The van der Waals surface area contributed by atoms with Crippen molar-refractivity contribution >= 4 is 22.6 Å². The third-order valence-electron chi connectivity index (χ3n) is 3.48. The number of fused-ring (bicyclic) bond motifs is 1. The van der Waals surface area contributed by atoms with Crippen molar-refractivity contribution < 1.29 is 14.3 Å². The molecule has 5 nitrogen and oxygen atoms in total. The van der Waals surface area contributed by atoms with E-state index >= 15 is 0 Å². The molecule has 1 unspecified atom stereocenters. The van der Waals surface area contributed by atoms with E-state index in [9.17, 15) is 4.79 Å². The van der Waals surface area contributed by atoms with Crippen molar-refractivity contribution in [3.8, 4) is 0 Å². The molecule has 1 aromatic heterocycles. The lowest BCUT2D eigenvalue weighted by Crippen LogP contribution is -2.47. The molecule has 0 amide bonds. The maximum Gasteiger partial charge on any atom is 0.336 e. The van der Waals surface area contributed by atoms with Gasteiger partial charge in [-0.25, -0.2) is 9.78 Å². The van der Waals surface area contributed by atoms with Crippen molar-refractivity contribution in [2.45, 2.75) is 6.10 Å². The lowest BCUT2D eigenvalue weighted by molar-refractivity contribution is -0.154. The fraction of sp³-hybridized carbons (Fsp3) is 0.333.